The molecular weight excluding hydrogens is 1430 g/mol. The van der Waals surface area contributed by atoms with E-state index in [2.05, 4.69) is 26.1 Å². The van der Waals surface area contributed by atoms with Crippen LogP contribution in [-0.2, 0) is 66.7 Å². The monoisotopic (exact) mass is 1530 g/mol. The van der Waals surface area contributed by atoms with Gasteiger partial charge in [-0.3, -0.25) is 24.1 Å². The molecule has 24 nitrogen and oxygen atoms in total. The van der Waals surface area contributed by atoms with Crippen molar-refractivity contribution < 1.29 is 96.3 Å². The number of hydrogen-bond acceptors (Lipinski definition) is 24. The first-order valence-electron chi connectivity index (χ1n) is 35.3. The molecule has 2 bridgehead atoms. The predicted molar refractivity (Wildman–Crippen MR) is 389 cm³/mol. The molecule has 562 valence electrons. The van der Waals surface area contributed by atoms with Gasteiger partial charge in [0.25, 0.3) is 11.7 Å². The van der Waals surface area contributed by atoms with Crippen molar-refractivity contribution in [1.82, 2.24) is 15.1 Å². The number of Topliss-reactive ketones (excluding diaryl/α,β-unsaturated/α-hetero) is 2. The molecular formula is C73H105BrN4O20S3. The zero-order valence-corrected chi connectivity index (χ0v) is 64.2. The summed E-state index contributed by atoms with van der Waals surface area (Å²) in [7, 11) is 9.57. The van der Waals surface area contributed by atoms with Crippen LogP contribution in [0, 0.1) is 29.6 Å². The number of ether oxygens (including phenoxy) is 9. The molecule has 4 fully saturated rings. The molecule has 1 aromatic heterocycles. The third-order valence-electron chi connectivity index (χ3n) is 19.6. The highest BCUT2D eigenvalue weighted by Crippen LogP contribution is 2.47. The molecule has 101 heavy (non-hydrogen) atoms. The standard InChI is InChI=1S/C73H105BrN4O20S3/c1-12-93-61(83)42-96-65-62(74)66(101-67(65)71(87)94-13-2)50-19-16-20-52(40-50)78(51-25-29-76(8)30-26-51)72(88)95-31-33-100-99-32-27-75-60(82)22-17-18-49-35-43(3)34-44(4)36-58(91-10)64-59(92-11)38-46(6)73(89,98-64)68(84)69(85)77-28-15-14-21-53(77)70(86)97-63(47(7)55(80)41-56(49)81)45(5)37-48-23-24-54(79)57(39-48)90-9/h16-17,19-20,22,35,37,40,44,46-49,51,53-55,57-59,63-64,79-80,89H,12-15,18,21,23-34,36,38-39,41-42H2,1-11H3,(H,75,82)/b22-17+,43-35-,45-37+/t44-,46-,47-,48+,49+,53-,54-,55+,57-,58-,59+,63-,64+,73-/m1/s1. The molecule has 5 aliphatic rings. The lowest BCUT2D eigenvalue weighted by Gasteiger charge is -2.47. The fourth-order valence-corrected chi connectivity index (χ4v) is 17.8. The molecule has 4 aliphatic heterocycles. The van der Waals surface area contributed by atoms with Gasteiger partial charge in [-0.25, -0.2) is 19.2 Å². The van der Waals surface area contributed by atoms with Gasteiger partial charge in [0.05, 0.1) is 53.1 Å². The topological polar surface area (TPSA) is 302 Å². The average Bonchev–Trinajstić information content (AvgIpc) is 1.44. The van der Waals surface area contributed by atoms with Gasteiger partial charge in [-0.1, -0.05) is 78.3 Å². The van der Waals surface area contributed by atoms with Crippen LogP contribution in [0.5, 0.6) is 5.75 Å². The molecule has 4 N–H and O–H groups in total. The van der Waals surface area contributed by atoms with E-state index in [1.54, 1.807) is 45.6 Å². The van der Waals surface area contributed by atoms with Crippen molar-refractivity contribution in [3.05, 3.63) is 69.1 Å². The summed E-state index contributed by atoms with van der Waals surface area (Å²) in [6, 6.07) is 6.00. The summed E-state index contributed by atoms with van der Waals surface area (Å²) in [6.45, 7) is 14.2. The van der Waals surface area contributed by atoms with E-state index in [1.165, 1.54) is 49.0 Å². The fraction of sp³-hybridized carbons (Fsp3) is 0.671. The third-order valence-corrected chi connectivity index (χ3v) is 24.2. The van der Waals surface area contributed by atoms with Gasteiger partial charge in [0.15, 0.2) is 17.2 Å². The Bertz CT molecular complexity index is 3230. The Hall–Kier alpha value is -5.24. The van der Waals surface area contributed by atoms with Crippen molar-refractivity contribution in [3.63, 3.8) is 0 Å². The second-order valence-corrected chi connectivity index (χ2v) is 31.6. The number of amides is 3. The van der Waals surface area contributed by atoms with Crippen LogP contribution in [0.15, 0.2) is 64.2 Å². The highest BCUT2D eigenvalue weighted by molar-refractivity contribution is 9.10. The molecule has 0 unspecified atom stereocenters. The number of allylic oxidation sites excluding steroid dienone is 4. The normalized spacial score (nSPS) is 29.4. The number of likely N-dealkylation sites (tertiary alicyclic amines) is 1. The van der Waals surface area contributed by atoms with Gasteiger partial charge in [0, 0.05) is 81.8 Å². The number of aliphatic hydroxyl groups excluding tert-OH is 2. The number of anilines is 1. The van der Waals surface area contributed by atoms with Gasteiger partial charge in [0.2, 0.25) is 11.7 Å². The maximum atomic E-state index is 14.7. The predicted octanol–water partition coefficient (Wildman–Crippen LogP) is 9.85. The molecule has 3 saturated heterocycles. The molecule has 1 saturated carbocycles. The number of hydrogen-bond donors (Lipinski definition) is 4. The van der Waals surface area contributed by atoms with Crippen LogP contribution in [0.2, 0.25) is 0 Å². The van der Waals surface area contributed by atoms with Crippen molar-refractivity contribution in [2.24, 2.45) is 29.6 Å². The summed E-state index contributed by atoms with van der Waals surface area (Å²) in [6.07, 6.45) is 5.30. The number of esters is 3. The highest BCUT2D eigenvalue weighted by atomic mass is 79.9. The fourth-order valence-electron chi connectivity index (χ4n) is 14.1. The van der Waals surface area contributed by atoms with Gasteiger partial charge in [-0.05, 0) is 182 Å². The second kappa shape index (κ2) is 40.3. The largest absolute Gasteiger partial charge is 0.479 e. The Morgan fingerprint density at radius 1 is 0.861 bits per heavy atom. The van der Waals surface area contributed by atoms with Crippen LogP contribution in [0.4, 0.5) is 10.5 Å². The Balaban J connectivity index is 1.02. The van der Waals surface area contributed by atoms with E-state index < -0.39 is 115 Å². The number of aliphatic hydroxyl groups is 3. The van der Waals surface area contributed by atoms with E-state index in [9.17, 15) is 53.7 Å². The molecule has 3 amide bonds. The van der Waals surface area contributed by atoms with E-state index in [1.807, 2.05) is 57.3 Å². The first-order chi connectivity index (χ1) is 48.3. The van der Waals surface area contributed by atoms with Crippen LogP contribution in [0.1, 0.15) is 142 Å². The van der Waals surface area contributed by atoms with Crippen LogP contribution in [0.3, 0.4) is 0 Å². The van der Waals surface area contributed by atoms with Gasteiger partial charge < -0.3 is 73.1 Å². The number of nitrogens with zero attached hydrogens (tertiary/aromatic N) is 3. The zero-order chi connectivity index (χ0) is 73.7. The number of thiophene rings is 1. The highest BCUT2D eigenvalue weighted by Gasteiger charge is 2.57. The second-order valence-electron chi connectivity index (χ2n) is 27.1. The van der Waals surface area contributed by atoms with Crippen LogP contribution in [0.25, 0.3) is 10.4 Å². The summed E-state index contributed by atoms with van der Waals surface area (Å²) in [5, 5.41) is 38.0. The Morgan fingerprint density at radius 3 is 2.27 bits per heavy atom. The van der Waals surface area contributed by atoms with E-state index in [0.717, 1.165) is 34.9 Å². The maximum absolute atomic E-state index is 14.7. The van der Waals surface area contributed by atoms with E-state index >= 15 is 0 Å². The number of ketones is 2. The first kappa shape index (κ1) is 83.0. The smallest absolute Gasteiger partial charge is 0.414 e. The number of methoxy groups -OCH3 is 3. The summed E-state index contributed by atoms with van der Waals surface area (Å²) in [4.78, 5) is 117. The lowest BCUT2D eigenvalue weighted by molar-refractivity contribution is -0.302. The van der Waals surface area contributed by atoms with Crippen molar-refractivity contribution in [2.75, 3.05) is 97.4 Å². The Labute approximate surface area is 614 Å². The number of cyclic esters (lactones) is 1. The Kier molecular flexibility index (Phi) is 33.1. The number of piperidine rings is 2. The third kappa shape index (κ3) is 22.6. The lowest BCUT2D eigenvalue weighted by Crippen LogP contribution is -2.64. The van der Waals surface area contributed by atoms with Gasteiger partial charge in [0.1, 0.15) is 30.6 Å². The number of nitrogens with one attached hydrogen (secondary N) is 1. The quantitative estimate of drug-likeness (QED) is 0.0144. The van der Waals surface area contributed by atoms with Crippen LogP contribution < -0.4 is 15.0 Å². The maximum Gasteiger partial charge on any atom is 0.414 e. The van der Waals surface area contributed by atoms with Gasteiger partial charge >= 0.3 is 24.0 Å². The molecule has 7 rings (SSSR count). The zero-order valence-electron chi connectivity index (χ0n) is 60.2. The minimum atomic E-state index is -2.59. The van der Waals surface area contributed by atoms with Crippen LogP contribution in [-0.4, -0.2) is 226 Å². The molecule has 1 aromatic carbocycles. The molecule has 0 radical (unpaired) electrons. The lowest BCUT2D eigenvalue weighted by atomic mass is 9.81. The van der Waals surface area contributed by atoms with E-state index in [-0.39, 0.29) is 92.2 Å². The van der Waals surface area contributed by atoms with Crippen molar-refractivity contribution in [3.8, 4) is 16.2 Å². The SMILES string of the molecule is CCOC(=O)COc1c(C(=O)OCC)sc(-c2cccc(N(C(=O)OCCSSCCNC(=O)/C=C/C[C@H]3/C=C(/C)C[C@@H](C)C[C@@H](OC)[C@@H]4O[C@@](O)(C(=O)C(=O)N5CCCC[C@@H]5C(=O)O[C@H](/C(C)=C/[C@@H]5CC[C@@H](O)[C@H](OC)C5)[C@H](C)[C@@H](O)CC3=O)[C@H](C)C[C@@H]4OC)C3CCN(C)CC3)c2)c1Br. The van der Waals surface area contributed by atoms with Gasteiger partial charge in [-0.2, -0.15) is 0 Å². The summed E-state index contributed by atoms with van der Waals surface area (Å²) < 4.78 is 52.8. The Morgan fingerprint density at radius 2 is 1.56 bits per heavy atom. The number of fused-ring (bicyclic) bond motifs is 3. The molecule has 0 spiro atoms. The minimum absolute atomic E-state index is 0.0276. The van der Waals surface area contributed by atoms with Crippen LogP contribution >= 0.6 is 48.9 Å². The van der Waals surface area contributed by atoms with Gasteiger partial charge in [-0.15, -0.1) is 11.3 Å². The molecule has 1 aliphatic carbocycles. The molecule has 2 aromatic rings. The summed E-state index contributed by atoms with van der Waals surface area (Å²) in [5.41, 5.74) is 2.70. The van der Waals surface area contributed by atoms with Crippen molar-refractivity contribution >= 4 is 102 Å². The molecule has 14 atom stereocenters. The number of carbonyl (C=O) groups is 8. The number of benzene rings is 1. The van der Waals surface area contributed by atoms with E-state index in [0.29, 0.717) is 102 Å². The van der Waals surface area contributed by atoms with Crippen molar-refractivity contribution in [1.29, 1.82) is 0 Å². The van der Waals surface area contributed by atoms with E-state index in [4.69, 9.17) is 42.6 Å². The number of rotatable bonds is 24. The number of carbonyl (C=O) groups excluding carboxylic acids is 8. The van der Waals surface area contributed by atoms with Crippen molar-refractivity contribution in [2.45, 2.75) is 193 Å². The summed E-state index contributed by atoms with van der Waals surface area (Å²) >= 11 is 4.75. The first-order valence-corrected chi connectivity index (χ1v) is 39.4. The molecule has 28 heteroatoms. The summed E-state index contributed by atoms with van der Waals surface area (Å²) in [5.74, 6) is -9.28. The average molecular weight is 1530 g/mol. The molecule has 5 heterocycles. The minimum Gasteiger partial charge on any atom is -0.479 e. The number of halogens is 1.